The van der Waals surface area contributed by atoms with Crippen LogP contribution in [0, 0.1) is 0 Å². The molecule has 2 heterocycles. The Labute approximate surface area is 131 Å². The lowest BCUT2D eigenvalue weighted by Crippen LogP contribution is -2.29. The van der Waals surface area contributed by atoms with Crippen molar-refractivity contribution in [3.8, 4) is 0 Å². The summed E-state index contributed by atoms with van der Waals surface area (Å²) in [4.78, 5) is 30.6. The number of rotatable bonds is 1. The molecule has 0 atom stereocenters. The number of carbonyl (C=O) groups is 2. The average molecular weight is 309 g/mol. The lowest BCUT2D eigenvalue weighted by Gasteiger charge is -2.15. The van der Waals surface area contributed by atoms with Gasteiger partial charge in [-0.1, -0.05) is 35.9 Å². The summed E-state index contributed by atoms with van der Waals surface area (Å²) in [7, 11) is 0. The Morgan fingerprint density at radius 3 is 2.18 bits per heavy atom. The number of benzene rings is 2. The SMILES string of the molecule is O=C1c2ccccc2C(=O)N1c1cccc2ccc(Cl)nc12. The van der Waals surface area contributed by atoms with Crippen molar-refractivity contribution in [2.24, 2.45) is 0 Å². The molecule has 0 saturated carbocycles. The maximum atomic E-state index is 12.6. The monoisotopic (exact) mass is 308 g/mol. The first-order chi connectivity index (χ1) is 10.7. The Morgan fingerprint density at radius 1 is 0.818 bits per heavy atom. The molecule has 0 unspecified atom stereocenters. The number of pyridine rings is 1. The number of anilines is 1. The molecule has 0 radical (unpaired) electrons. The summed E-state index contributed by atoms with van der Waals surface area (Å²) in [6.45, 7) is 0. The van der Waals surface area contributed by atoms with Gasteiger partial charge in [-0.05, 0) is 30.3 Å². The molecule has 3 aromatic rings. The van der Waals surface area contributed by atoms with E-state index in [0.717, 1.165) is 10.3 Å². The van der Waals surface area contributed by atoms with Crippen LogP contribution in [0.3, 0.4) is 0 Å². The molecular weight excluding hydrogens is 300 g/mol. The summed E-state index contributed by atoms with van der Waals surface area (Å²) < 4.78 is 0. The van der Waals surface area contributed by atoms with Crippen molar-refractivity contribution in [1.82, 2.24) is 4.98 Å². The molecule has 0 bridgehead atoms. The summed E-state index contributed by atoms with van der Waals surface area (Å²) in [5, 5.41) is 1.13. The van der Waals surface area contributed by atoms with E-state index < -0.39 is 0 Å². The summed E-state index contributed by atoms with van der Waals surface area (Å²) in [6.07, 6.45) is 0. The Morgan fingerprint density at radius 2 is 1.50 bits per heavy atom. The lowest BCUT2D eigenvalue weighted by molar-refractivity contribution is 0.0926. The third-order valence-corrected chi connectivity index (χ3v) is 3.91. The van der Waals surface area contributed by atoms with Crippen LogP contribution in [0.5, 0.6) is 0 Å². The standard InChI is InChI=1S/C17H9ClN2O2/c18-14-9-8-10-4-3-7-13(15(10)19-14)20-16(21)11-5-1-2-6-12(11)17(20)22/h1-9H. The van der Waals surface area contributed by atoms with Gasteiger partial charge < -0.3 is 0 Å². The Balaban J connectivity index is 1.96. The zero-order valence-corrected chi connectivity index (χ0v) is 12.0. The number of aromatic nitrogens is 1. The van der Waals surface area contributed by atoms with E-state index in [1.165, 1.54) is 0 Å². The van der Waals surface area contributed by atoms with Crippen molar-refractivity contribution in [3.63, 3.8) is 0 Å². The van der Waals surface area contributed by atoms with Crippen molar-refractivity contribution >= 4 is 40.0 Å². The van der Waals surface area contributed by atoms with Crippen LogP contribution < -0.4 is 4.90 Å². The predicted molar refractivity (Wildman–Crippen MR) is 84.3 cm³/mol. The van der Waals surface area contributed by atoms with Crippen LogP contribution in [-0.4, -0.2) is 16.8 Å². The summed E-state index contributed by atoms with van der Waals surface area (Å²) >= 11 is 5.96. The lowest BCUT2D eigenvalue weighted by atomic mass is 10.1. The third-order valence-electron chi connectivity index (χ3n) is 3.70. The van der Waals surface area contributed by atoms with E-state index in [1.807, 2.05) is 12.1 Å². The smallest absolute Gasteiger partial charge is 0.266 e. The zero-order valence-electron chi connectivity index (χ0n) is 11.3. The number of para-hydroxylation sites is 1. The van der Waals surface area contributed by atoms with Crippen molar-refractivity contribution in [3.05, 3.63) is 70.9 Å². The van der Waals surface area contributed by atoms with E-state index in [-0.39, 0.29) is 11.8 Å². The van der Waals surface area contributed by atoms with Crippen molar-refractivity contribution in [2.45, 2.75) is 0 Å². The normalized spacial score (nSPS) is 13.8. The largest absolute Gasteiger partial charge is 0.268 e. The van der Waals surface area contributed by atoms with Gasteiger partial charge >= 0.3 is 0 Å². The van der Waals surface area contributed by atoms with Gasteiger partial charge in [-0.15, -0.1) is 0 Å². The second kappa shape index (κ2) is 4.64. The molecule has 4 nitrogen and oxygen atoms in total. The van der Waals surface area contributed by atoms with Gasteiger partial charge in [0, 0.05) is 5.39 Å². The second-order valence-corrected chi connectivity index (χ2v) is 5.36. The Kier molecular flexibility index (Phi) is 2.74. The van der Waals surface area contributed by atoms with Crippen molar-refractivity contribution in [1.29, 1.82) is 0 Å². The molecule has 2 amide bonds. The number of halogens is 1. The number of amides is 2. The summed E-state index contributed by atoms with van der Waals surface area (Å²) in [5.41, 5.74) is 1.80. The molecule has 2 aromatic carbocycles. The molecule has 5 heteroatoms. The van der Waals surface area contributed by atoms with Crippen LogP contribution in [-0.2, 0) is 0 Å². The number of hydrogen-bond acceptors (Lipinski definition) is 3. The number of imide groups is 1. The molecule has 1 aromatic heterocycles. The fourth-order valence-corrected chi connectivity index (χ4v) is 2.84. The maximum Gasteiger partial charge on any atom is 0.266 e. The van der Waals surface area contributed by atoms with Crippen molar-refractivity contribution < 1.29 is 9.59 Å². The maximum absolute atomic E-state index is 12.6. The number of carbonyl (C=O) groups excluding carboxylic acids is 2. The minimum Gasteiger partial charge on any atom is -0.268 e. The Hall–Kier alpha value is -2.72. The first-order valence-corrected chi connectivity index (χ1v) is 7.08. The quantitative estimate of drug-likeness (QED) is 0.509. The zero-order chi connectivity index (χ0) is 15.3. The molecule has 1 aliphatic heterocycles. The van der Waals surface area contributed by atoms with Crippen LogP contribution >= 0.6 is 11.6 Å². The van der Waals surface area contributed by atoms with E-state index >= 15 is 0 Å². The van der Waals surface area contributed by atoms with Gasteiger partial charge in [0.1, 0.15) is 5.15 Å². The topological polar surface area (TPSA) is 50.3 Å². The molecule has 1 aliphatic rings. The summed E-state index contributed by atoms with van der Waals surface area (Å²) in [5.74, 6) is -0.676. The van der Waals surface area contributed by atoms with Gasteiger partial charge in [0.25, 0.3) is 11.8 Å². The van der Waals surface area contributed by atoms with Gasteiger partial charge in [-0.3, -0.25) is 9.59 Å². The van der Waals surface area contributed by atoms with Crippen LogP contribution in [0.1, 0.15) is 20.7 Å². The van der Waals surface area contributed by atoms with Crippen molar-refractivity contribution in [2.75, 3.05) is 4.90 Å². The van der Waals surface area contributed by atoms with E-state index in [0.29, 0.717) is 27.5 Å². The molecule has 0 aliphatic carbocycles. The first-order valence-electron chi connectivity index (χ1n) is 6.70. The molecular formula is C17H9ClN2O2. The highest BCUT2D eigenvalue weighted by Crippen LogP contribution is 2.33. The van der Waals surface area contributed by atoms with Gasteiger partial charge in [-0.2, -0.15) is 0 Å². The van der Waals surface area contributed by atoms with Crippen LogP contribution in [0.4, 0.5) is 5.69 Å². The molecule has 106 valence electrons. The highest BCUT2D eigenvalue weighted by atomic mass is 35.5. The average Bonchev–Trinajstić information content (AvgIpc) is 2.79. The summed E-state index contributed by atoms with van der Waals surface area (Å²) in [6, 6.07) is 15.6. The van der Waals surface area contributed by atoms with Gasteiger partial charge in [0.15, 0.2) is 0 Å². The van der Waals surface area contributed by atoms with E-state index in [1.54, 1.807) is 42.5 Å². The molecule has 0 spiro atoms. The highest BCUT2D eigenvalue weighted by Gasteiger charge is 2.37. The van der Waals surface area contributed by atoms with Crippen LogP contribution in [0.25, 0.3) is 10.9 Å². The number of fused-ring (bicyclic) bond motifs is 2. The highest BCUT2D eigenvalue weighted by molar-refractivity contribution is 6.36. The molecule has 22 heavy (non-hydrogen) atoms. The fourth-order valence-electron chi connectivity index (χ4n) is 2.70. The van der Waals surface area contributed by atoms with Crippen LogP contribution in [0.15, 0.2) is 54.6 Å². The van der Waals surface area contributed by atoms with Gasteiger partial charge in [0.05, 0.1) is 22.3 Å². The molecule has 0 N–H and O–H groups in total. The van der Waals surface area contributed by atoms with E-state index in [4.69, 9.17) is 11.6 Å². The fraction of sp³-hybridized carbons (Fsp3) is 0. The predicted octanol–water partition coefficient (Wildman–Crippen LogP) is 3.69. The van der Waals surface area contributed by atoms with E-state index in [2.05, 4.69) is 4.98 Å². The van der Waals surface area contributed by atoms with E-state index in [9.17, 15) is 9.59 Å². The third kappa shape index (κ3) is 1.74. The van der Waals surface area contributed by atoms with Gasteiger partial charge in [-0.25, -0.2) is 9.88 Å². The van der Waals surface area contributed by atoms with Crippen LogP contribution in [0.2, 0.25) is 5.15 Å². The molecule has 4 rings (SSSR count). The molecule has 0 fully saturated rings. The number of nitrogens with zero attached hydrogens (tertiary/aromatic N) is 2. The minimum absolute atomic E-state index is 0.316. The molecule has 0 saturated heterocycles. The minimum atomic E-state index is -0.338. The van der Waals surface area contributed by atoms with Gasteiger partial charge in [0.2, 0.25) is 0 Å². The number of hydrogen-bond donors (Lipinski definition) is 0. The second-order valence-electron chi connectivity index (χ2n) is 4.97. The Bertz CT molecular complexity index is 917. The first kappa shape index (κ1) is 13.0.